The molecule has 38 heavy (non-hydrogen) atoms. The second kappa shape index (κ2) is 9.23. The summed E-state index contributed by atoms with van der Waals surface area (Å²) in [5.74, 6) is 0.506. The van der Waals surface area contributed by atoms with Gasteiger partial charge >= 0.3 is 0 Å². The first kappa shape index (κ1) is 24.6. The Morgan fingerprint density at radius 2 is 1.74 bits per heavy atom. The molecule has 1 saturated heterocycles. The monoisotopic (exact) mass is 566 g/mol. The summed E-state index contributed by atoms with van der Waals surface area (Å²) in [7, 11) is -3.90. The lowest BCUT2D eigenvalue weighted by Gasteiger charge is -2.14. The molecule has 2 amide bonds. The Kier molecular flexibility index (Phi) is 5.97. The lowest BCUT2D eigenvalue weighted by Crippen LogP contribution is -2.27. The number of halogens is 1. The van der Waals surface area contributed by atoms with Crippen LogP contribution in [0.1, 0.15) is 16.7 Å². The Bertz CT molecular complexity index is 1780. The summed E-state index contributed by atoms with van der Waals surface area (Å²) in [5.41, 5.74) is 2.45. The summed E-state index contributed by atoms with van der Waals surface area (Å²) < 4.78 is 38.8. The van der Waals surface area contributed by atoms with Crippen LogP contribution in [0.25, 0.3) is 17.0 Å². The fourth-order valence-corrected chi connectivity index (χ4v) is 6.76. The van der Waals surface area contributed by atoms with Crippen molar-refractivity contribution in [3.63, 3.8) is 0 Å². The van der Waals surface area contributed by atoms with Gasteiger partial charge in [-0.25, -0.2) is 12.4 Å². The summed E-state index contributed by atoms with van der Waals surface area (Å²) in [6, 6.07) is 16.9. The maximum Gasteiger partial charge on any atom is 0.293 e. The number of rotatable bonds is 5. The first-order valence-corrected chi connectivity index (χ1v) is 14.1. The summed E-state index contributed by atoms with van der Waals surface area (Å²) in [6.45, 7) is 1.92. The Labute approximate surface area is 227 Å². The van der Waals surface area contributed by atoms with Gasteiger partial charge in [0, 0.05) is 28.2 Å². The summed E-state index contributed by atoms with van der Waals surface area (Å²) >= 11 is 7.14. The molecule has 0 saturated carbocycles. The van der Waals surface area contributed by atoms with Gasteiger partial charge in [0.1, 0.15) is 0 Å². The first-order chi connectivity index (χ1) is 18.2. The summed E-state index contributed by atoms with van der Waals surface area (Å²) in [5, 5.41) is 0.529. The number of aromatic nitrogens is 1. The standard InChI is InChI=1S/C27H19ClN2O6S2/c1-16-6-8-19(9-7-16)38(33,34)30-14-17(20-4-2-3-5-22(20)30)11-25-26(31)29(27(32)37-25)13-18-10-23-24(12-21(18)28)36-15-35-23/h2-12,14H,13,15H2,1H3/b25-11-. The van der Waals surface area contributed by atoms with Crippen molar-refractivity contribution < 1.29 is 27.5 Å². The molecular weight excluding hydrogens is 548 g/mol. The van der Waals surface area contributed by atoms with Gasteiger partial charge in [0.25, 0.3) is 21.2 Å². The molecule has 6 rings (SSSR count). The maximum absolute atomic E-state index is 13.5. The predicted octanol–water partition coefficient (Wildman–Crippen LogP) is 5.81. The van der Waals surface area contributed by atoms with E-state index in [0.29, 0.717) is 38.6 Å². The molecule has 4 aromatic rings. The van der Waals surface area contributed by atoms with E-state index in [4.69, 9.17) is 21.1 Å². The minimum absolute atomic E-state index is 0.0406. The molecule has 2 aliphatic heterocycles. The Morgan fingerprint density at radius 1 is 1.03 bits per heavy atom. The highest BCUT2D eigenvalue weighted by Crippen LogP contribution is 2.40. The van der Waals surface area contributed by atoms with Gasteiger partial charge in [-0.1, -0.05) is 47.5 Å². The normalized spacial score (nSPS) is 16.3. The van der Waals surface area contributed by atoms with Crippen molar-refractivity contribution in [1.82, 2.24) is 8.87 Å². The molecule has 0 atom stereocenters. The molecule has 192 valence electrons. The van der Waals surface area contributed by atoms with Crippen molar-refractivity contribution in [2.75, 3.05) is 6.79 Å². The minimum atomic E-state index is -3.90. The summed E-state index contributed by atoms with van der Waals surface area (Å²) in [6.07, 6.45) is 3.03. The van der Waals surface area contributed by atoms with E-state index in [0.717, 1.165) is 22.2 Å². The predicted molar refractivity (Wildman–Crippen MR) is 145 cm³/mol. The lowest BCUT2D eigenvalue weighted by molar-refractivity contribution is -0.123. The number of carbonyl (C=O) groups is 2. The van der Waals surface area contributed by atoms with Gasteiger partial charge in [0.2, 0.25) is 6.79 Å². The molecule has 8 nitrogen and oxygen atoms in total. The molecule has 0 aliphatic carbocycles. The van der Waals surface area contributed by atoms with E-state index in [1.807, 2.05) is 6.92 Å². The highest BCUT2D eigenvalue weighted by Gasteiger charge is 2.36. The van der Waals surface area contributed by atoms with Crippen molar-refractivity contribution in [2.45, 2.75) is 18.4 Å². The second-order valence-electron chi connectivity index (χ2n) is 8.78. The van der Waals surface area contributed by atoms with Crippen LogP contribution >= 0.6 is 23.4 Å². The number of ether oxygens (including phenoxy) is 2. The van der Waals surface area contributed by atoms with Gasteiger partial charge in [0.05, 0.1) is 21.9 Å². The van der Waals surface area contributed by atoms with Gasteiger partial charge in [-0.15, -0.1) is 0 Å². The van der Waals surface area contributed by atoms with E-state index in [1.54, 1.807) is 66.7 Å². The van der Waals surface area contributed by atoms with E-state index >= 15 is 0 Å². The second-order valence-corrected chi connectivity index (χ2v) is 12.0. The van der Waals surface area contributed by atoms with E-state index in [2.05, 4.69) is 0 Å². The Hall–Kier alpha value is -3.73. The third-order valence-electron chi connectivity index (χ3n) is 6.32. The number of para-hydroxylation sites is 1. The van der Waals surface area contributed by atoms with Crippen molar-refractivity contribution in [3.05, 3.63) is 93.5 Å². The number of hydrogen-bond donors (Lipinski definition) is 0. The third-order valence-corrected chi connectivity index (χ3v) is 9.26. The lowest BCUT2D eigenvalue weighted by atomic mass is 10.1. The number of hydrogen-bond acceptors (Lipinski definition) is 7. The van der Waals surface area contributed by atoms with Gasteiger partial charge < -0.3 is 9.47 Å². The van der Waals surface area contributed by atoms with Crippen LogP contribution in [0.3, 0.4) is 0 Å². The zero-order valence-electron chi connectivity index (χ0n) is 19.9. The highest BCUT2D eigenvalue weighted by molar-refractivity contribution is 8.18. The largest absolute Gasteiger partial charge is 0.454 e. The molecule has 0 N–H and O–H groups in total. The van der Waals surface area contributed by atoms with Gasteiger partial charge in [-0.2, -0.15) is 0 Å². The molecule has 0 radical (unpaired) electrons. The molecule has 0 unspecified atom stereocenters. The number of amides is 2. The highest BCUT2D eigenvalue weighted by atomic mass is 35.5. The molecule has 3 heterocycles. The van der Waals surface area contributed by atoms with Crippen LogP contribution in [0.15, 0.2) is 76.7 Å². The number of aryl methyl sites for hydroxylation is 1. The number of nitrogens with zero attached hydrogens (tertiary/aromatic N) is 2. The van der Waals surface area contributed by atoms with Crippen LogP contribution in [0.5, 0.6) is 11.5 Å². The number of imide groups is 1. The smallest absolute Gasteiger partial charge is 0.293 e. The van der Waals surface area contributed by atoms with Crippen molar-refractivity contribution in [1.29, 1.82) is 0 Å². The average Bonchev–Trinajstić information content (AvgIpc) is 3.57. The zero-order valence-corrected chi connectivity index (χ0v) is 22.3. The van der Waals surface area contributed by atoms with Crippen LogP contribution < -0.4 is 9.47 Å². The molecule has 1 aromatic heterocycles. The topological polar surface area (TPSA) is 94.9 Å². The van der Waals surface area contributed by atoms with Crippen molar-refractivity contribution in [2.24, 2.45) is 0 Å². The first-order valence-electron chi connectivity index (χ1n) is 11.5. The SMILES string of the molecule is Cc1ccc(S(=O)(=O)n2cc(/C=C3\SC(=O)N(Cc4cc5c(cc4Cl)OCO5)C3=O)c3ccccc32)cc1. The Morgan fingerprint density at radius 3 is 2.50 bits per heavy atom. The number of fused-ring (bicyclic) bond motifs is 2. The third kappa shape index (κ3) is 4.14. The van der Waals surface area contributed by atoms with E-state index in [-0.39, 0.29) is 23.1 Å². The average molecular weight is 567 g/mol. The molecule has 11 heteroatoms. The molecular formula is C27H19ClN2O6S2. The van der Waals surface area contributed by atoms with Crippen LogP contribution in [-0.2, 0) is 21.4 Å². The Balaban J connectivity index is 1.35. The minimum Gasteiger partial charge on any atom is -0.454 e. The van der Waals surface area contributed by atoms with Crippen LogP contribution in [0.2, 0.25) is 5.02 Å². The molecule has 3 aromatic carbocycles. The van der Waals surface area contributed by atoms with Gasteiger partial charge in [-0.05, 0) is 54.6 Å². The van der Waals surface area contributed by atoms with Gasteiger partial charge in [0.15, 0.2) is 11.5 Å². The number of thioether (sulfide) groups is 1. The fourth-order valence-electron chi connectivity index (χ4n) is 4.34. The van der Waals surface area contributed by atoms with E-state index in [9.17, 15) is 18.0 Å². The van der Waals surface area contributed by atoms with Gasteiger partial charge in [-0.3, -0.25) is 14.5 Å². The maximum atomic E-state index is 13.5. The fraction of sp³-hybridized carbons (Fsp3) is 0.111. The quantitative estimate of drug-likeness (QED) is 0.281. The van der Waals surface area contributed by atoms with E-state index in [1.165, 1.54) is 10.2 Å². The van der Waals surface area contributed by atoms with Crippen LogP contribution in [0, 0.1) is 6.92 Å². The van der Waals surface area contributed by atoms with Crippen LogP contribution in [-0.4, -0.2) is 35.2 Å². The number of benzene rings is 3. The van der Waals surface area contributed by atoms with Crippen molar-refractivity contribution >= 4 is 61.5 Å². The molecule has 1 fully saturated rings. The number of carbonyl (C=O) groups excluding carboxylic acids is 2. The molecule has 2 aliphatic rings. The summed E-state index contributed by atoms with van der Waals surface area (Å²) in [4.78, 5) is 27.5. The molecule has 0 bridgehead atoms. The molecule has 0 spiro atoms. The van der Waals surface area contributed by atoms with Crippen molar-refractivity contribution in [3.8, 4) is 11.5 Å². The van der Waals surface area contributed by atoms with Crippen LogP contribution in [0.4, 0.5) is 4.79 Å². The zero-order chi connectivity index (χ0) is 26.6. The van der Waals surface area contributed by atoms with E-state index < -0.39 is 21.2 Å².